The van der Waals surface area contributed by atoms with Crippen LogP contribution in [0.25, 0.3) is 5.57 Å². The Kier molecular flexibility index (Phi) is 4.29. The third kappa shape index (κ3) is 3.37. The van der Waals surface area contributed by atoms with E-state index in [2.05, 4.69) is 0 Å². The molecule has 25 heavy (non-hydrogen) atoms. The zero-order valence-corrected chi connectivity index (χ0v) is 15.3. The molecule has 0 unspecified atom stereocenters. The molecule has 1 heterocycles. The number of cyclic esters (lactones) is 1. The number of esters is 1. The van der Waals surface area contributed by atoms with Gasteiger partial charge in [-0.1, -0.05) is 56.3 Å². The van der Waals surface area contributed by atoms with Crippen molar-refractivity contribution in [3.05, 3.63) is 71.3 Å². The molecule has 130 valence electrons. The van der Waals surface area contributed by atoms with Crippen molar-refractivity contribution >= 4 is 21.4 Å². The molecule has 0 aromatic heterocycles. The van der Waals surface area contributed by atoms with Crippen LogP contribution >= 0.6 is 0 Å². The molecule has 4 nitrogen and oxygen atoms in total. The maximum Gasteiger partial charge on any atom is 0.335 e. The molecule has 0 radical (unpaired) electrons. The Morgan fingerprint density at radius 2 is 1.52 bits per heavy atom. The largest absolute Gasteiger partial charge is 0.461 e. The lowest BCUT2D eigenvalue weighted by atomic mass is 9.80. The van der Waals surface area contributed by atoms with Gasteiger partial charge in [0.1, 0.15) is 6.61 Å². The highest BCUT2D eigenvalue weighted by atomic mass is 32.2. The van der Waals surface area contributed by atoms with Crippen molar-refractivity contribution in [3.63, 3.8) is 0 Å². The Hall–Kier alpha value is -2.40. The summed E-state index contributed by atoms with van der Waals surface area (Å²) in [6.07, 6.45) is 1.18. The first-order valence-corrected chi connectivity index (χ1v) is 9.87. The Morgan fingerprint density at radius 1 is 0.960 bits per heavy atom. The van der Waals surface area contributed by atoms with Crippen LogP contribution in [0.2, 0.25) is 0 Å². The normalized spacial score (nSPS) is 18.8. The Labute approximate surface area is 148 Å². The number of hydrogen-bond acceptors (Lipinski definition) is 4. The summed E-state index contributed by atoms with van der Waals surface area (Å²) in [6.45, 7) is 4.28. The number of sulfone groups is 1. The smallest absolute Gasteiger partial charge is 0.335 e. The maximum atomic E-state index is 12.4. The van der Waals surface area contributed by atoms with E-state index < -0.39 is 15.3 Å². The summed E-state index contributed by atoms with van der Waals surface area (Å²) in [6, 6.07) is 16.2. The first kappa shape index (κ1) is 17.4. The monoisotopic (exact) mass is 356 g/mol. The van der Waals surface area contributed by atoms with E-state index in [4.69, 9.17) is 4.74 Å². The molecule has 3 rings (SSSR count). The zero-order valence-electron chi connectivity index (χ0n) is 14.4. The highest BCUT2D eigenvalue weighted by Crippen LogP contribution is 2.41. The standard InChI is InChI=1S/C20H20O4S/c1-20(2)13-24-19(21)18(20)17(14-7-5-4-6-8-14)15-9-11-16(12-10-15)25(3,22)23/h4-12H,13H2,1-3H3. The lowest BCUT2D eigenvalue weighted by Gasteiger charge is -2.20. The molecule has 0 saturated carbocycles. The fraction of sp³-hybridized carbons (Fsp3) is 0.250. The minimum Gasteiger partial charge on any atom is -0.461 e. The van der Waals surface area contributed by atoms with Crippen molar-refractivity contribution < 1.29 is 17.9 Å². The van der Waals surface area contributed by atoms with Crippen molar-refractivity contribution in [1.82, 2.24) is 0 Å². The molecule has 5 heteroatoms. The highest BCUT2D eigenvalue weighted by Gasteiger charge is 2.40. The van der Waals surface area contributed by atoms with E-state index in [1.165, 1.54) is 6.26 Å². The van der Waals surface area contributed by atoms with Crippen LogP contribution in [0.3, 0.4) is 0 Å². The van der Waals surface area contributed by atoms with E-state index in [-0.39, 0.29) is 10.9 Å². The first-order valence-electron chi connectivity index (χ1n) is 7.98. The summed E-state index contributed by atoms with van der Waals surface area (Å²) in [5.41, 5.74) is 2.67. The molecule has 0 bridgehead atoms. The molecule has 0 spiro atoms. The third-order valence-electron chi connectivity index (χ3n) is 4.33. The number of carbonyl (C=O) groups is 1. The van der Waals surface area contributed by atoms with E-state index in [9.17, 15) is 13.2 Å². The molecule has 1 aliphatic rings. The molecule has 0 amide bonds. The summed E-state index contributed by atoms with van der Waals surface area (Å²) in [4.78, 5) is 12.7. The number of ether oxygens (including phenoxy) is 1. The van der Waals surface area contributed by atoms with Crippen LogP contribution in [0.1, 0.15) is 25.0 Å². The van der Waals surface area contributed by atoms with Crippen molar-refractivity contribution in [2.75, 3.05) is 12.9 Å². The number of rotatable bonds is 3. The van der Waals surface area contributed by atoms with Crippen LogP contribution in [-0.4, -0.2) is 27.2 Å². The van der Waals surface area contributed by atoms with Gasteiger partial charge < -0.3 is 4.74 Å². The fourth-order valence-electron chi connectivity index (χ4n) is 3.04. The molecule has 1 aliphatic heterocycles. The van der Waals surface area contributed by atoms with Gasteiger partial charge in [-0.25, -0.2) is 13.2 Å². The van der Waals surface area contributed by atoms with Gasteiger partial charge in [0.05, 0.1) is 10.5 Å². The summed E-state index contributed by atoms with van der Waals surface area (Å²) < 4.78 is 28.7. The van der Waals surface area contributed by atoms with Gasteiger partial charge in [0.25, 0.3) is 0 Å². The molecule has 2 aromatic carbocycles. The predicted molar refractivity (Wildman–Crippen MR) is 96.8 cm³/mol. The first-order chi connectivity index (χ1) is 11.7. The molecule has 0 atom stereocenters. The van der Waals surface area contributed by atoms with E-state index in [1.807, 2.05) is 44.2 Å². The lowest BCUT2D eigenvalue weighted by molar-refractivity contribution is -0.135. The molecule has 1 saturated heterocycles. The van der Waals surface area contributed by atoms with Crippen LogP contribution in [0.5, 0.6) is 0 Å². The van der Waals surface area contributed by atoms with E-state index in [0.717, 1.165) is 16.7 Å². The predicted octanol–water partition coefficient (Wildman–Crippen LogP) is 3.48. The SMILES string of the molecule is CC1(C)COC(=O)C1=C(c1ccccc1)c1ccc(S(C)(=O)=O)cc1. The molecule has 1 fully saturated rings. The van der Waals surface area contributed by atoms with Crippen LogP contribution in [-0.2, 0) is 19.4 Å². The molecular formula is C20H20O4S. The minimum atomic E-state index is -3.27. The van der Waals surface area contributed by atoms with Gasteiger partial charge in [0.2, 0.25) is 0 Å². The highest BCUT2D eigenvalue weighted by molar-refractivity contribution is 7.90. The minimum absolute atomic E-state index is 0.252. The Morgan fingerprint density at radius 3 is 2.00 bits per heavy atom. The Bertz CT molecular complexity index is 937. The van der Waals surface area contributed by atoms with Gasteiger partial charge in [-0.3, -0.25) is 0 Å². The van der Waals surface area contributed by atoms with Gasteiger partial charge in [-0.2, -0.15) is 0 Å². The number of carbonyl (C=O) groups excluding carboxylic acids is 1. The summed E-state index contributed by atoms with van der Waals surface area (Å²) in [5.74, 6) is -0.323. The molecule has 2 aromatic rings. The second-order valence-electron chi connectivity index (χ2n) is 6.87. The van der Waals surface area contributed by atoms with Crippen LogP contribution in [0, 0.1) is 5.41 Å². The van der Waals surface area contributed by atoms with Crippen molar-refractivity contribution in [2.45, 2.75) is 18.7 Å². The van der Waals surface area contributed by atoms with Gasteiger partial charge in [-0.05, 0) is 28.8 Å². The molecular weight excluding hydrogens is 336 g/mol. The van der Waals surface area contributed by atoms with Crippen molar-refractivity contribution in [1.29, 1.82) is 0 Å². The van der Waals surface area contributed by atoms with Gasteiger partial charge in [0.15, 0.2) is 9.84 Å². The van der Waals surface area contributed by atoms with Crippen LogP contribution < -0.4 is 0 Å². The third-order valence-corrected chi connectivity index (χ3v) is 5.46. The van der Waals surface area contributed by atoms with Gasteiger partial charge >= 0.3 is 5.97 Å². The maximum absolute atomic E-state index is 12.4. The lowest BCUT2D eigenvalue weighted by Crippen LogP contribution is -2.16. The zero-order chi connectivity index (χ0) is 18.2. The quantitative estimate of drug-likeness (QED) is 0.624. The second kappa shape index (κ2) is 6.15. The average molecular weight is 356 g/mol. The van der Waals surface area contributed by atoms with E-state index >= 15 is 0 Å². The summed E-state index contributed by atoms with van der Waals surface area (Å²) in [7, 11) is -3.27. The van der Waals surface area contributed by atoms with E-state index in [1.54, 1.807) is 24.3 Å². The van der Waals surface area contributed by atoms with Gasteiger partial charge in [-0.15, -0.1) is 0 Å². The second-order valence-corrected chi connectivity index (χ2v) is 8.89. The molecule has 0 aliphatic carbocycles. The van der Waals surface area contributed by atoms with Crippen molar-refractivity contribution in [3.8, 4) is 0 Å². The number of hydrogen-bond donors (Lipinski definition) is 0. The number of benzene rings is 2. The topological polar surface area (TPSA) is 60.4 Å². The average Bonchev–Trinajstić information content (AvgIpc) is 2.83. The van der Waals surface area contributed by atoms with Gasteiger partial charge in [0, 0.05) is 11.7 Å². The summed E-state index contributed by atoms with van der Waals surface area (Å²) in [5, 5.41) is 0. The fourth-order valence-corrected chi connectivity index (χ4v) is 3.67. The van der Waals surface area contributed by atoms with Crippen LogP contribution in [0.15, 0.2) is 65.1 Å². The van der Waals surface area contributed by atoms with Crippen molar-refractivity contribution in [2.24, 2.45) is 5.41 Å². The Balaban J connectivity index is 2.25. The summed E-state index contributed by atoms with van der Waals surface area (Å²) >= 11 is 0. The van der Waals surface area contributed by atoms with Crippen LogP contribution in [0.4, 0.5) is 0 Å². The molecule has 0 N–H and O–H groups in total. The van der Waals surface area contributed by atoms with E-state index in [0.29, 0.717) is 12.2 Å².